The lowest BCUT2D eigenvalue weighted by Crippen LogP contribution is -2.13. The van der Waals surface area contributed by atoms with Gasteiger partial charge in [0.2, 0.25) is 0 Å². The molecule has 1 aliphatic carbocycles. The van der Waals surface area contributed by atoms with Crippen LogP contribution in [0, 0.1) is 12.8 Å². The van der Waals surface area contributed by atoms with Crippen LogP contribution in [-0.4, -0.2) is 6.61 Å². The summed E-state index contributed by atoms with van der Waals surface area (Å²) in [6.45, 7) is 5.21. The van der Waals surface area contributed by atoms with Crippen LogP contribution in [0.25, 0.3) is 0 Å². The Labute approximate surface area is 89.0 Å². The number of rotatable bonds is 0. The van der Waals surface area contributed by atoms with Crippen LogP contribution < -0.4 is 0 Å². The van der Waals surface area contributed by atoms with Crippen molar-refractivity contribution in [3.8, 4) is 0 Å². The van der Waals surface area contributed by atoms with Gasteiger partial charge in [0.25, 0.3) is 0 Å². The summed E-state index contributed by atoms with van der Waals surface area (Å²) in [7, 11) is 0. The van der Waals surface area contributed by atoms with Gasteiger partial charge in [-0.1, -0.05) is 24.6 Å². The Morgan fingerprint density at radius 1 is 1.50 bits per heavy atom. The first-order chi connectivity index (χ1) is 6.63. The molecule has 1 fully saturated rings. The molecule has 2 unspecified atom stereocenters. The van der Waals surface area contributed by atoms with E-state index in [2.05, 4.69) is 26.0 Å². The molecule has 0 N–H and O–H groups in total. The van der Waals surface area contributed by atoms with E-state index in [1.165, 1.54) is 16.7 Å². The van der Waals surface area contributed by atoms with Gasteiger partial charge in [-0.25, -0.2) is 0 Å². The molecule has 3 rings (SSSR count). The van der Waals surface area contributed by atoms with Gasteiger partial charge in [-0.3, -0.25) is 0 Å². The summed E-state index contributed by atoms with van der Waals surface area (Å²) in [6, 6.07) is 4.28. The normalized spacial score (nSPS) is 33.5. The molecule has 1 saturated heterocycles. The first-order valence-corrected chi connectivity index (χ1v) is 5.45. The van der Waals surface area contributed by atoms with Crippen LogP contribution in [0.4, 0.5) is 0 Å². The van der Waals surface area contributed by atoms with Gasteiger partial charge in [0.1, 0.15) is 5.60 Å². The molecule has 2 aliphatic rings. The number of aryl methyl sites for hydroxylation is 1. The molecule has 0 radical (unpaired) electrons. The second-order valence-electron chi connectivity index (χ2n) is 4.56. The lowest BCUT2D eigenvalue weighted by molar-refractivity contribution is 0.249. The van der Waals surface area contributed by atoms with Crippen molar-refractivity contribution in [2.75, 3.05) is 6.61 Å². The monoisotopic (exact) mass is 208 g/mol. The molecule has 1 heterocycles. The van der Waals surface area contributed by atoms with Gasteiger partial charge in [0.05, 0.1) is 6.61 Å². The average molecular weight is 209 g/mol. The van der Waals surface area contributed by atoms with Crippen molar-refractivity contribution < 1.29 is 4.74 Å². The van der Waals surface area contributed by atoms with Crippen molar-refractivity contribution in [3.05, 3.63) is 33.8 Å². The van der Waals surface area contributed by atoms with E-state index < -0.39 is 0 Å². The quantitative estimate of drug-likeness (QED) is 0.597. The molecule has 0 bridgehead atoms. The van der Waals surface area contributed by atoms with E-state index in [0.717, 1.165) is 18.1 Å². The molecule has 1 aromatic carbocycles. The fourth-order valence-electron chi connectivity index (χ4n) is 2.61. The minimum Gasteiger partial charge on any atom is -0.364 e. The summed E-state index contributed by atoms with van der Waals surface area (Å²) in [5.41, 5.74) is 3.92. The van der Waals surface area contributed by atoms with Gasteiger partial charge in [-0.15, -0.1) is 0 Å². The van der Waals surface area contributed by atoms with Crippen molar-refractivity contribution in [1.29, 1.82) is 0 Å². The maximum absolute atomic E-state index is 6.24. The molecule has 1 nitrogen and oxygen atoms in total. The van der Waals surface area contributed by atoms with Crippen molar-refractivity contribution >= 4 is 11.6 Å². The first-order valence-electron chi connectivity index (χ1n) is 5.07. The van der Waals surface area contributed by atoms with Gasteiger partial charge in [0, 0.05) is 5.02 Å². The third-order valence-corrected chi connectivity index (χ3v) is 3.89. The van der Waals surface area contributed by atoms with E-state index >= 15 is 0 Å². The van der Waals surface area contributed by atoms with E-state index in [-0.39, 0.29) is 5.60 Å². The highest BCUT2D eigenvalue weighted by molar-refractivity contribution is 6.31. The van der Waals surface area contributed by atoms with Crippen LogP contribution in [0.3, 0.4) is 0 Å². The average Bonchev–Trinajstić information content (AvgIpc) is 2.84. The van der Waals surface area contributed by atoms with Crippen LogP contribution in [0.1, 0.15) is 23.6 Å². The smallest absolute Gasteiger partial charge is 0.120 e. The molecule has 1 aliphatic heterocycles. The van der Waals surface area contributed by atoms with Crippen molar-refractivity contribution in [3.63, 3.8) is 0 Å². The molecule has 14 heavy (non-hydrogen) atoms. The third kappa shape index (κ3) is 0.945. The number of hydrogen-bond acceptors (Lipinski definition) is 1. The number of hydrogen-bond donors (Lipinski definition) is 0. The number of halogens is 1. The molecule has 2 atom stereocenters. The first kappa shape index (κ1) is 8.75. The molecular formula is C12H13ClO. The van der Waals surface area contributed by atoms with Crippen LogP contribution in [0.2, 0.25) is 5.02 Å². The predicted octanol–water partition coefficient (Wildman–Crippen LogP) is 3.07. The maximum Gasteiger partial charge on any atom is 0.120 e. The molecule has 1 aromatic rings. The van der Waals surface area contributed by atoms with Crippen molar-refractivity contribution in [2.24, 2.45) is 5.92 Å². The lowest BCUT2D eigenvalue weighted by Gasteiger charge is -2.10. The summed E-state index contributed by atoms with van der Waals surface area (Å²) in [4.78, 5) is 0. The van der Waals surface area contributed by atoms with Gasteiger partial charge in [-0.2, -0.15) is 0 Å². The molecule has 0 amide bonds. The van der Waals surface area contributed by atoms with Crippen LogP contribution in [0.15, 0.2) is 12.1 Å². The maximum atomic E-state index is 6.24. The van der Waals surface area contributed by atoms with E-state index in [1.807, 2.05) is 0 Å². The summed E-state index contributed by atoms with van der Waals surface area (Å²) >= 11 is 6.24. The minimum atomic E-state index is 0.0327. The zero-order chi connectivity index (χ0) is 9.92. The summed E-state index contributed by atoms with van der Waals surface area (Å²) in [5, 5.41) is 0.916. The SMILES string of the molecule is Cc1cc(Cl)c2c(c1)C1(CO1)C(C)C2. The van der Waals surface area contributed by atoms with Crippen LogP contribution in [-0.2, 0) is 16.8 Å². The van der Waals surface area contributed by atoms with Gasteiger partial charge < -0.3 is 4.74 Å². The second-order valence-corrected chi connectivity index (χ2v) is 4.96. The van der Waals surface area contributed by atoms with Gasteiger partial charge in [-0.05, 0) is 42.0 Å². The van der Waals surface area contributed by atoms with E-state index in [1.54, 1.807) is 0 Å². The fraction of sp³-hybridized carbons (Fsp3) is 0.500. The van der Waals surface area contributed by atoms with Crippen molar-refractivity contribution in [1.82, 2.24) is 0 Å². The van der Waals surface area contributed by atoms with E-state index in [9.17, 15) is 0 Å². The predicted molar refractivity (Wildman–Crippen MR) is 56.7 cm³/mol. The second kappa shape index (κ2) is 2.53. The zero-order valence-electron chi connectivity index (χ0n) is 8.43. The van der Waals surface area contributed by atoms with Crippen molar-refractivity contribution in [2.45, 2.75) is 25.9 Å². The Hall–Kier alpha value is -0.530. The Bertz CT molecular complexity index is 407. The largest absolute Gasteiger partial charge is 0.364 e. The summed E-state index contributed by atoms with van der Waals surface area (Å²) in [6.07, 6.45) is 1.06. The van der Waals surface area contributed by atoms with Crippen LogP contribution >= 0.6 is 11.6 Å². The molecule has 1 spiro atoms. The molecule has 0 saturated carbocycles. The number of benzene rings is 1. The number of epoxide rings is 1. The highest BCUT2D eigenvalue weighted by Crippen LogP contribution is 2.54. The Morgan fingerprint density at radius 3 is 2.86 bits per heavy atom. The van der Waals surface area contributed by atoms with Gasteiger partial charge >= 0.3 is 0 Å². The number of ether oxygens (including phenoxy) is 1. The fourth-order valence-corrected chi connectivity index (χ4v) is 2.96. The summed E-state index contributed by atoms with van der Waals surface area (Å²) < 4.78 is 5.65. The molecule has 74 valence electrons. The topological polar surface area (TPSA) is 12.5 Å². The molecule has 2 heteroatoms. The standard InChI is InChI=1S/C12H13ClO/c1-7-3-10-9(11(13)4-7)5-8(2)12(10)6-14-12/h3-4,8H,5-6H2,1-2H3. The highest BCUT2D eigenvalue weighted by atomic mass is 35.5. The third-order valence-electron chi connectivity index (χ3n) is 3.56. The number of fused-ring (bicyclic) bond motifs is 2. The zero-order valence-corrected chi connectivity index (χ0v) is 9.19. The van der Waals surface area contributed by atoms with Crippen LogP contribution in [0.5, 0.6) is 0 Å². The Balaban J connectivity index is 2.23. The summed E-state index contributed by atoms with van der Waals surface area (Å²) in [5.74, 6) is 0.580. The highest BCUT2D eigenvalue weighted by Gasteiger charge is 2.56. The Morgan fingerprint density at radius 2 is 2.21 bits per heavy atom. The molecule has 0 aromatic heterocycles. The lowest BCUT2D eigenvalue weighted by atomic mass is 9.94. The van der Waals surface area contributed by atoms with E-state index in [4.69, 9.17) is 16.3 Å². The minimum absolute atomic E-state index is 0.0327. The van der Waals surface area contributed by atoms with E-state index in [0.29, 0.717) is 5.92 Å². The Kier molecular flexibility index (Phi) is 1.58. The molecular weight excluding hydrogens is 196 g/mol. The van der Waals surface area contributed by atoms with Gasteiger partial charge in [0.15, 0.2) is 0 Å².